The van der Waals surface area contributed by atoms with Gasteiger partial charge in [0.2, 0.25) is 5.91 Å². The largest absolute Gasteiger partial charge is 0.395 e. The number of carbonyl (C=O) groups excluding carboxylic acids is 1. The normalized spacial score (nSPS) is 12.6. The maximum Gasteiger partial charge on any atom is 0.236 e. The van der Waals surface area contributed by atoms with E-state index < -0.39 is 0 Å². The van der Waals surface area contributed by atoms with Crippen LogP contribution < -0.4 is 11.2 Å². The summed E-state index contributed by atoms with van der Waals surface area (Å²) in [4.78, 5) is 10.6. The molecular formula is C13H19N3O2. The molecule has 0 saturated carbocycles. The summed E-state index contributed by atoms with van der Waals surface area (Å²) in [6.07, 6.45) is 2.97. The zero-order valence-electron chi connectivity index (χ0n) is 10.5. The van der Waals surface area contributed by atoms with Gasteiger partial charge >= 0.3 is 0 Å². The molecule has 1 rings (SSSR count). The number of nitrogens with zero attached hydrogens (tertiary/aromatic N) is 1. The first-order valence-electron chi connectivity index (χ1n) is 5.84. The summed E-state index contributed by atoms with van der Waals surface area (Å²) in [6, 6.07) is 7.73. The van der Waals surface area contributed by atoms with Crippen molar-refractivity contribution in [2.45, 2.75) is 25.8 Å². The van der Waals surface area contributed by atoms with Gasteiger partial charge in [-0.05, 0) is 17.5 Å². The quantitative estimate of drug-likeness (QED) is 0.497. The molecular weight excluding hydrogens is 230 g/mol. The molecule has 0 aliphatic carbocycles. The van der Waals surface area contributed by atoms with Gasteiger partial charge in [-0.1, -0.05) is 24.3 Å². The predicted molar refractivity (Wildman–Crippen MR) is 71.2 cm³/mol. The van der Waals surface area contributed by atoms with Crippen LogP contribution in [0.4, 0.5) is 0 Å². The Morgan fingerprint density at radius 1 is 1.44 bits per heavy atom. The van der Waals surface area contributed by atoms with Gasteiger partial charge in [-0.25, -0.2) is 5.43 Å². The highest BCUT2D eigenvalue weighted by atomic mass is 16.3. The van der Waals surface area contributed by atoms with Crippen LogP contribution >= 0.6 is 0 Å². The van der Waals surface area contributed by atoms with Gasteiger partial charge in [-0.2, -0.15) is 5.10 Å². The highest BCUT2D eigenvalue weighted by Crippen LogP contribution is 2.06. The van der Waals surface area contributed by atoms with Crippen molar-refractivity contribution in [3.8, 4) is 0 Å². The Labute approximate surface area is 107 Å². The zero-order valence-corrected chi connectivity index (χ0v) is 10.5. The summed E-state index contributed by atoms with van der Waals surface area (Å²) in [7, 11) is 0. The first-order valence-corrected chi connectivity index (χ1v) is 5.84. The molecule has 98 valence electrons. The molecule has 0 bridgehead atoms. The van der Waals surface area contributed by atoms with E-state index in [1.807, 2.05) is 24.3 Å². The number of nitrogens with two attached hydrogens (primary N) is 1. The standard InChI is InChI=1S/C13H19N3O2/c1-10(18)16-15-7-6-11-2-4-12(5-3-11)8-13(14)9-17/h2-5,7,13,17H,6,8-9,14H2,1H3,(H,16,18). The average molecular weight is 249 g/mol. The number of rotatable bonds is 6. The molecule has 1 atom stereocenters. The Morgan fingerprint density at radius 3 is 2.61 bits per heavy atom. The van der Waals surface area contributed by atoms with Crippen LogP contribution in [0.3, 0.4) is 0 Å². The van der Waals surface area contributed by atoms with E-state index in [1.54, 1.807) is 6.21 Å². The number of nitrogens with one attached hydrogen (secondary N) is 1. The second kappa shape index (κ2) is 7.58. The first-order chi connectivity index (χ1) is 8.61. The SMILES string of the molecule is CC(=O)NN=CCc1ccc(CC(N)CO)cc1. The molecule has 1 unspecified atom stereocenters. The van der Waals surface area contributed by atoms with Crippen LogP contribution in [0.5, 0.6) is 0 Å². The molecule has 18 heavy (non-hydrogen) atoms. The van der Waals surface area contributed by atoms with Crippen molar-refractivity contribution in [3.05, 3.63) is 35.4 Å². The van der Waals surface area contributed by atoms with Crippen molar-refractivity contribution in [2.75, 3.05) is 6.61 Å². The molecule has 0 aliphatic rings. The van der Waals surface area contributed by atoms with Crippen LogP contribution in [0, 0.1) is 0 Å². The Hall–Kier alpha value is -1.72. The second-order valence-corrected chi connectivity index (χ2v) is 4.15. The third kappa shape index (κ3) is 5.56. The smallest absolute Gasteiger partial charge is 0.236 e. The van der Waals surface area contributed by atoms with Crippen LogP contribution in [0.1, 0.15) is 18.1 Å². The summed E-state index contributed by atoms with van der Waals surface area (Å²) in [6.45, 7) is 1.40. The summed E-state index contributed by atoms with van der Waals surface area (Å²) < 4.78 is 0. The van der Waals surface area contributed by atoms with Gasteiger partial charge < -0.3 is 10.8 Å². The molecule has 0 aliphatic heterocycles. The van der Waals surface area contributed by atoms with Crippen molar-refractivity contribution in [2.24, 2.45) is 10.8 Å². The minimum absolute atomic E-state index is 0.00880. The van der Waals surface area contributed by atoms with E-state index in [2.05, 4.69) is 10.5 Å². The topological polar surface area (TPSA) is 87.7 Å². The maximum atomic E-state index is 10.6. The van der Waals surface area contributed by atoms with Crippen LogP contribution in [-0.4, -0.2) is 29.9 Å². The van der Waals surface area contributed by atoms with E-state index in [4.69, 9.17) is 10.8 Å². The molecule has 0 aromatic heterocycles. The summed E-state index contributed by atoms with van der Waals surface area (Å²) in [5.41, 5.74) is 10.2. The van der Waals surface area contributed by atoms with Crippen molar-refractivity contribution < 1.29 is 9.90 Å². The lowest BCUT2D eigenvalue weighted by Gasteiger charge is -2.08. The zero-order chi connectivity index (χ0) is 13.4. The minimum atomic E-state index is -0.211. The van der Waals surface area contributed by atoms with Crippen molar-refractivity contribution in [3.63, 3.8) is 0 Å². The van der Waals surface area contributed by atoms with Gasteiger partial charge in [-0.3, -0.25) is 4.79 Å². The first kappa shape index (κ1) is 14.3. The van der Waals surface area contributed by atoms with Gasteiger partial charge in [0.25, 0.3) is 0 Å². The number of aliphatic hydroxyl groups excluding tert-OH is 1. The molecule has 0 saturated heterocycles. The summed E-state index contributed by atoms with van der Waals surface area (Å²) in [5, 5.41) is 12.6. The molecule has 4 N–H and O–H groups in total. The van der Waals surface area contributed by atoms with Gasteiger partial charge in [0, 0.05) is 25.6 Å². The molecule has 0 spiro atoms. The fourth-order valence-electron chi connectivity index (χ4n) is 1.47. The number of benzene rings is 1. The number of aliphatic hydroxyl groups is 1. The highest BCUT2D eigenvalue weighted by molar-refractivity contribution is 5.74. The Bertz CT molecular complexity index is 401. The predicted octanol–water partition coefficient (Wildman–Crippen LogP) is 0.213. The lowest BCUT2D eigenvalue weighted by molar-refractivity contribution is -0.118. The van der Waals surface area contributed by atoms with Gasteiger partial charge in [0.1, 0.15) is 0 Å². The lowest BCUT2D eigenvalue weighted by atomic mass is 10.0. The fourth-order valence-corrected chi connectivity index (χ4v) is 1.47. The van der Waals surface area contributed by atoms with Crippen LogP contribution in [0.15, 0.2) is 29.4 Å². The highest BCUT2D eigenvalue weighted by Gasteiger charge is 2.01. The number of amides is 1. The molecule has 1 aromatic rings. The molecule has 5 heteroatoms. The van der Waals surface area contributed by atoms with Crippen molar-refractivity contribution in [1.82, 2.24) is 5.43 Å². The van der Waals surface area contributed by atoms with Crippen LogP contribution in [0.25, 0.3) is 0 Å². The minimum Gasteiger partial charge on any atom is -0.395 e. The van der Waals surface area contributed by atoms with E-state index in [-0.39, 0.29) is 18.6 Å². The molecule has 5 nitrogen and oxygen atoms in total. The van der Waals surface area contributed by atoms with E-state index in [9.17, 15) is 4.79 Å². The molecule has 0 heterocycles. The lowest BCUT2D eigenvalue weighted by Crippen LogP contribution is -2.26. The average Bonchev–Trinajstić information content (AvgIpc) is 2.36. The van der Waals surface area contributed by atoms with Crippen molar-refractivity contribution in [1.29, 1.82) is 0 Å². The second-order valence-electron chi connectivity index (χ2n) is 4.15. The monoisotopic (exact) mass is 249 g/mol. The van der Waals surface area contributed by atoms with Crippen LogP contribution in [0.2, 0.25) is 0 Å². The number of hydrogen-bond donors (Lipinski definition) is 3. The number of hydrogen-bond acceptors (Lipinski definition) is 4. The Balaban J connectivity index is 2.45. The molecule has 1 aromatic carbocycles. The van der Waals surface area contributed by atoms with E-state index in [0.717, 1.165) is 11.1 Å². The van der Waals surface area contributed by atoms with Crippen molar-refractivity contribution >= 4 is 12.1 Å². The van der Waals surface area contributed by atoms with Gasteiger partial charge in [0.05, 0.1) is 6.61 Å². The molecule has 0 radical (unpaired) electrons. The third-order valence-corrected chi connectivity index (χ3v) is 2.40. The number of carbonyl (C=O) groups is 1. The van der Waals surface area contributed by atoms with E-state index in [1.165, 1.54) is 6.92 Å². The molecule has 1 amide bonds. The van der Waals surface area contributed by atoms with E-state index in [0.29, 0.717) is 12.8 Å². The maximum absolute atomic E-state index is 10.6. The molecule has 0 fully saturated rings. The third-order valence-electron chi connectivity index (χ3n) is 2.40. The van der Waals surface area contributed by atoms with Crippen LogP contribution in [-0.2, 0) is 17.6 Å². The summed E-state index contributed by atoms with van der Waals surface area (Å²) in [5.74, 6) is -0.181. The fraction of sp³-hybridized carbons (Fsp3) is 0.385. The summed E-state index contributed by atoms with van der Waals surface area (Å²) >= 11 is 0. The number of hydrazone groups is 1. The van der Waals surface area contributed by atoms with Gasteiger partial charge in [-0.15, -0.1) is 0 Å². The Morgan fingerprint density at radius 2 is 2.06 bits per heavy atom. The van der Waals surface area contributed by atoms with Gasteiger partial charge in [0.15, 0.2) is 0 Å². The Kier molecular flexibility index (Phi) is 6.04. The van der Waals surface area contributed by atoms with E-state index >= 15 is 0 Å².